The number of fused-ring (bicyclic) bond motifs is 1. The van der Waals surface area contributed by atoms with Gasteiger partial charge in [0.1, 0.15) is 30.3 Å². The van der Waals surface area contributed by atoms with Crippen LogP contribution in [0.15, 0.2) is 42.5 Å². The summed E-state index contributed by atoms with van der Waals surface area (Å²) in [7, 11) is 1.58. The lowest BCUT2D eigenvalue weighted by molar-refractivity contribution is -0.141. The van der Waals surface area contributed by atoms with Crippen LogP contribution in [0.2, 0.25) is 5.02 Å². The van der Waals surface area contributed by atoms with E-state index in [1.165, 1.54) is 17.0 Å². The summed E-state index contributed by atoms with van der Waals surface area (Å²) in [5.41, 5.74) is 1.66. The number of halogens is 2. The van der Waals surface area contributed by atoms with Crippen molar-refractivity contribution in [1.29, 1.82) is 0 Å². The van der Waals surface area contributed by atoms with E-state index >= 15 is 0 Å². The Morgan fingerprint density at radius 2 is 1.79 bits per heavy atom. The first-order valence-electron chi connectivity index (χ1n) is 13.4. The van der Waals surface area contributed by atoms with E-state index in [-0.39, 0.29) is 24.1 Å². The number of aryl methyl sites for hydroxylation is 1. The number of hydrogen-bond donors (Lipinski definition) is 3. The molecule has 8 nitrogen and oxygen atoms in total. The number of rotatable bonds is 4. The maximum atomic E-state index is 13.4. The Bertz CT molecular complexity index is 1130. The van der Waals surface area contributed by atoms with E-state index < -0.39 is 24.0 Å². The van der Waals surface area contributed by atoms with Crippen molar-refractivity contribution in [3.63, 3.8) is 0 Å². The van der Waals surface area contributed by atoms with Crippen LogP contribution < -0.4 is 20.7 Å². The molecule has 3 N–H and O–H groups in total. The fourth-order valence-electron chi connectivity index (χ4n) is 4.45. The second kappa shape index (κ2) is 14.8. The van der Waals surface area contributed by atoms with Gasteiger partial charge in [-0.2, -0.15) is 0 Å². The van der Waals surface area contributed by atoms with Gasteiger partial charge < -0.3 is 25.6 Å². The Balaban J connectivity index is 1.84. The lowest BCUT2D eigenvalue weighted by Gasteiger charge is -2.30. The van der Waals surface area contributed by atoms with Gasteiger partial charge in [-0.15, -0.1) is 0 Å². The van der Waals surface area contributed by atoms with Gasteiger partial charge in [0.15, 0.2) is 0 Å². The fourth-order valence-corrected chi connectivity index (χ4v) is 4.61. The predicted molar refractivity (Wildman–Crippen MR) is 149 cm³/mol. The lowest BCUT2D eigenvalue weighted by Crippen LogP contribution is -2.56. The zero-order valence-electron chi connectivity index (χ0n) is 22.8. The molecule has 0 saturated heterocycles. The number of amides is 3. The van der Waals surface area contributed by atoms with Gasteiger partial charge >= 0.3 is 0 Å². The van der Waals surface area contributed by atoms with E-state index in [2.05, 4.69) is 16.0 Å². The molecule has 0 bridgehead atoms. The normalized spacial score (nSPS) is 22.1. The maximum absolute atomic E-state index is 13.4. The van der Waals surface area contributed by atoms with Crippen molar-refractivity contribution in [3.05, 3.63) is 64.4 Å². The molecule has 1 aliphatic rings. The zero-order chi connectivity index (χ0) is 28.4. The van der Waals surface area contributed by atoms with Gasteiger partial charge in [-0.3, -0.25) is 14.4 Å². The number of likely N-dealkylation sites (N-methyl/N-ethyl adjacent to an activating group) is 1. The van der Waals surface area contributed by atoms with Crippen LogP contribution in [0.1, 0.15) is 44.2 Å². The molecule has 0 aliphatic carbocycles. The van der Waals surface area contributed by atoms with E-state index in [4.69, 9.17) is 16.3 Å². The Morgan fingerprint density at radius 3 is 2.51 bits per heavy atom. The number of ether oxygens (including phenoxy) is 1. The van der Waals surface area contributed by atoms with Crippen LogP contribution in [0.3, 0.4) is 0 Å². The van der Waals surface area contributed by atoms with Gasteiger partial charge in [-0.25, -0.2) is 4.39 Å². The second-order valence-electron chi connectivity index (χ2n) is 9.81. The van der Waals surface area contributed by atoms with Crippen molar-refractivity contribution >= 4 is 29.3 Å². The average molecular weight is 561 g/mol. The molecule has 10 heteroatoms. The van der Waals surface area contributed by atoms with Crippen LogP contribution in [-0.2, 0) is 27.2 Å². The number of nitrogens with one attached hydrogen (secondary N) is 3. The van der Waals surface area contributed by atoms with Gasteiger partial charge in [-0.05, 0) is 61.6 Å². The van der Waals surface area contributed by atoms with Crippen LogP contribution in [0, 0.1) is 5.82 Å². The van der Waals surface area contributed by atoms with Gasteiger partial charge in [0.25, 0.3) is 0 Å². The molecule has 1 heterocycles. The number of carbonyl (C=O) groups is 3. The minimum atomic E-state index is -0.896. The molecule has 3 amide bonds. The molecule has 0 unspecified atom stereocenters. The summed E-state index contributed by atoms with van der Waals surface area (Å²) < 4.78 is 19.4. The molecule has 2 aromatic carbocycles. The highest BCUT2D eigenvalue weighted by Crippen LogP contribution is 2.24. The first kappa shape index (κ1) is 30.4. The first-order chi connectivity index (χ1) is 18.7. The summed E-state index contributed by atoms with van der Waals surface area (Å²) in [6.07, 6.45) is 2.84. The third-order valence-corrected chi connectivity index (χ3v) is 7.11. The molecule has 2 aromatic rings. The quantitative estimate of drug-likeness (QED) is 0.533. The Kier molecular flexibility index (Phi) is 11.6. The predicted octanol–water partition coefficient (Wildman–Crippen LogP) is 3.25. The summed E-state index contributed by atoms with van der Waals surface area (Å²) in [5, 5.41) is 9.54. The van der Waals surface area contributed by atoms with Crippen LogP contribution in [0.5, 0.6) is 5.75 Å². The molecular formula is C29H38ClFN4O4. The molecule has 0 aromatic heterocycles. The number of nitrogens with zero attached hydrogens (tertiary/aromatic N) is 1. The first-order valence-corrected chi connectivity index (χ1v) is 13.8. The maximum Gasteiger partial charge on any atom is 0.243 e. The van der Waals surface area contributed by atoms with E-state index in [1.54, 1.807) is 38.2 Å². The molecule has 0 radical (unpaired) electrons. The van der Waals surface area contributed by atoms with Crippen molar-refractivity contribution in [3.8, 4) is 5.75 Å². The molecule has 0 fully saturated rings. The monoisotopic (exact) mass is 560 g/mol. The highest BCUT2D eigenvalue weighted by Gasteiger charge is 2.30. The molecule has 39 heavy (non-hydrogen) atoms. The standard InChI is InChI=1S/C29H38ClFN4O4/c1-4-6-24-29(38)35(3)19(2)27(36)34-25(17-20-8-12-23(31)13-9-20)28(37)33-14-5-7-21-10-11-22(30)18-26(21)39-16-15-32-24/h8-13,18-19,24-25,32H,4-7,14-17H2,1-3H3,(H,33,37)(H,34,36)/t19-,24+,25-/m1/s1. The molecule has 0 spiro atoms. The van der Waals surface area contributed by atoms with Gasteiger partial charge in [-0.1, -0.05) is 43.1 Å². The molecule has 0 saturated carbocycles. The smallest absolute Gasteiger partial charge is 0.243 e. The van der Waals surface area contributed by atoms with Crippen LogP contribution in [0.4, 0.5) is 4.39 Å². The minimum absolute atomic E-state index is 0.178. The molecule has 3 atom stereocenters. The van der Waals surface area contributed by atoms with E-state index in [0.29, 0.717) is 55.3 Å². The number of benzene rings is 2. The van der Waals surface area contributed by atoms with Crippen LogP contribution >= 0.6 is 11.6 Å². The third kappa shape index (κ3) is 8.93. The minimum Gasteiger partial charge on any atom is -0.492 e. The van der Waals surface area contributed by atoms with Crippen molar-refractivity contribution in [1.82, 2.24) is 20.9 Å². The van der Waals surface area contributed by atoms with Gasteiger partial charge in [0.2, 0.25) is 17.7 Å². The SMILES string of the molecule is CCC[C@@H]1NCCOc2cc(Cl)ccc2CCCNC(=O)[C@@H](Cc2ccc(F)cc2)NC(=O)[C@@H](C)N(C)C1=O. The summed E-state index contributed by atoms with van der Waals surface area (Å²) in [6, 6.07) is 9.08. The zero-order valence-corrected chi connectivity index (χ0v) is 23.5. The van der Waals surface area contributed by atoms with Crippen LogP contribution in [-0.4, -0.2) is 67.5 Å². The van der Waals surface area contributed by atoms with Crippen molar-refractivity contribution < 1.29 is 23.5 Å². The topological polar surface area (TPSA) is 99.8 Å². The van der Waals surface area contributed by atoms with Crippen molar-refractivity contribution in [2.45, 2.75) is 64.1 Å². The van der Waals surface area contributed by atoms with E-state index in [0.717, 1.165) is 12.0 Å². The molecular weight excluding hydrogens is 523 g/mol. The van der Waals surface area contributed by atoms with E-state index in [9.17, 15) is 18.8 Å². The average Bonchev–Trinajstić information content (AvgIpc) is 2.92. The van der Waals surface area contributed by atoms with Crippen molar-refractivity contribution in [2.24, 2.45) is 0 Å². The third-order valence-electron chi connectivity index (χ3n) is 6.87. The summed E-state index contributed by atoms with van der Waals surface area (Å²) >= 11 is 6.20. The highest BCUT2D eigenvalue weighted by molar-refractivity contribution is 6.30. The second-order valence-corrected chi connectivity index (χ2v) is 10.2. The van der Waals surface area contributed by atoms with Crippen molar-refractivity contribution in [2.75, 3.05) is 26.7 Å². The Labute approximate surface area is 234 Å². The molecule has 3 rings (SSSR count). The fraction of sp³-hybridized carbons (Fsp3) is 0.483. The lowest BCUT2D eigenvalue weighted by atomic mass is 10.0. The Morgan fingerprint density at radius 1 is 1.05 bits per heavy atom. The molecule has 212 valence electrons. The summed E-state index contributed by atoms with van der Waals surface area (Å²) in [4.78, 5) is 41.1. The number of carbonyl (C=O) groups excluding carboxylic acids is 3. The Hall–Kier alpha value is -3.17. The van der Waals surface area contributed by atoms with Gasteiger partial charge in [0, 0.05) is 31.6 Å². The summed E-state index contributed by atoms with van der Waals surface area (Å²) in [6.45, 7) is 4.77. The highest BCUT2D eigenvalue weighted by atomic mass is 35.5. The number of hydrogen-bond acceptors (Lipinski definition) is 5. The summed E-state index contributed by atoms with van der Waals surface area (Å²) in [5.74, 6) is -0.732. The molecule has 1 aliphatic heterocycles. The van der Waals surface area contributed by atoms with Gasteiger partial charge in [0.05, 0.1) is 6.04 Å². The largest absolute Gasteiger partial charge is 0.492 e. The van der Waals surface area contributed by atoms with E-state index in [1.807, 2.05) is 13.0 Å². The van der Waals surface area contributed by atoms with Crippen LogP contribution in [0.25, 0.3) is 0 Å².